The number of ether oxygens (including phenoxy) is 2. The van der Waals surface area contributed by atoms with E-state index in [2.05, 4.69) is 9.47 Å². The van der Waals surface area contributed by atoms with E-state index in [0.29, 0.717) is 30.3 Å². The number of hydrogen-bond donors (Lipinski definition) is 0. The van der Waals surface area contributed by atoms with Crippen LogP contribution in [0.5, 0.6) is 5.75 Å². The molecule has 35 heavy (non-hydrogen) atoms. The number of nitrogens with zero attached hydrogens (tertiary/aromatic N) is 3. The minimum Gasteiger partial charge on any atom is -0.497 e. The van der Waals surface area contributed by atoms with Crippen LogP contribution < -0.4 is 4.74 Å². The van der Waals surface area contributed by atoms with Crippen LogP contribution >= 0.6 is 12.2 Å². The van der Waals surface area contributed by atoms with Crippen LogP contribution in [0.4, 0.5) is 0 Å². The summed E-state index contributed by atoms with van der Waals surface area (Å²) in [6.45, 7) is 7.39. The molecule has 1 aromatic heterocycles. The van der Waals surface area contributed by atoms with Crippen LogP contribution in [0.15, 0.2) is 42.5 Å². The van der Waals surface area contributed by atoms with Crippen LogP contribution in [0, 0.1) is 0 Å². The first kappa shape index (κ1) is 23.4. The minimum absolute atomic E-state index is 0.0239. The van der Waals surface area contributed by atoms with E-state index in [0.717, 1.165) is 33.5 Å². The third-order valence-corrected chi connectivity index (χ3v) is 7.16. The fraction of sp³-hybridized carbons (Fsp3) is 0.370. The van der Waals surface area contributed by atoms with Crippen molar-refractivity contribution in [2.24, 2.45) is 0 Å². The van der Waals surface area contributed by atoms with Crippen molar-refractivity contribution in [2.45, 2.75) is 45.4 Å². The van der Waals surface area contributed by atoms with E-state index in [1.807, 2.05) is 51.1 Å². The lowest BCUT2D eigenvalue weighted by Gasteiger charge is -2.43. The van der Waals surface area contributed by atoms with Crippen LogP contribution in [0.25, 0.3) is 10.9 Å². The smallest absolute Gasteiger partial charge is 0.338 e. The maximum atomic E-state index is 13.2. The number of methoxy groups -OCH3 is 1. The molecule has 0 N–H and O–H groups in total. The molecule has 2 aliphatic rings. The Morgan fingerprint density at radius 3 is 2.51 bits per heavy atom. The van der Waals surface area contributed by atoms with Crippen molar-refractivity contribution >= 4 is 40.1 Å². The van der Waals surface area contributed by atoms with Gasteiger partial charge in [0.1, 0.15) is 11.4 Å². The molecular weight excluding hydrogens is 462 g/mol. The molecule has 8 heteroatoms. The molecule has 182 valence electrons. The highest BCUT2D eigenvalue weighted by Crippen LogP contribution is 2.41. The Morgan fingerprint density at radius 2 is 1.86 bits per heavy atom. The Balaban J connectivity index is 1.56. The molecule has 1 amide bonds. The SMILES string of the molecule is COc1ccc2c(c1)c1c(n2Cc2ccc(C(=O)OC(C)(C)C)cc2)CN2CC1C(=O)N(C)C2=S. The van der Waals surface area contributed by atoms with Crippen LogP contribution in [0.2, 0.25) is 0 Å². The molecule has 1 fully saturated rings. The second kappa shape index (κ2) is 8.37. The number of benzene rings is 2. The highest BCUT2D eigenvalue weighted by atomic mass is 32.1. The predicted molar refractivity (Wildman–Crippen MR) is 138 cm³/mol. The van der Waals surface area contributed by atoms with E-state index >= 15 is 0 Å². The molecule has 2 aliphatic heterocycles. The van der Waals surface area contributed by atoms with Crippen molar-refractivity contribution in [2.75, 3.05) is 20.7 Å². The maximum absolute atomic E-state index is 13.2. The summed E-state index contributed by atoms with van der Waals surface area (Å²) < 4.78 is 13.2. The quantitative estimate of drug-likeness (QED) is 0.400. The molecule has 2 bridgehead atoms. The van der Waals surface area contributed by atoms with Gasteiger partial charge < -0.3 is 18.9 Å². The third-order valence-electron chi connectivity index (χ3n) is 6.63. The number of aromatic nitrogens is 1. The number of amides is 1. The van der Waals surface area contributed by atoms with Gasteiger partial charge in [-0.15, -0.1) is 0 Å². The molecule has 3 aromatic rings. The molecule has 1 saturated heterocycles. The first-order chi connectivity index (χ1) is 16.6. The largest absolute Gasteiger partial charge is 0.497 e. The molecule has 5 rings (SSSR count). The maximum Gasteiger partial charge on any atom is 0.338 e. The number of thiocarbonyl (C=S) groups is 1. The van der Waals surface area contributed by atoms with Gasteiger partial charge in [0.2, 0.25) is 5.91 Å². The Labute approximate surface area is 210 Å². The summed E-state index contributed by atoms with van der Waals surface area (Å²) in [4.78, 5) is 29.3. The lowest BCUT2D eigenvalue weighted by Crippen LogP contribution is -2.56. The highest BCUT2D eigenvalue weighted by molar-refractivity contribution is 7.80. The molecule has 7 nitrogen and oxygen atoms in total. The average molecular weight is 492 g/mol. The van der Waals surface area contributed by atoms with Crippen LogP contribution in [-0.2, 0) is 22.6 Å². The summed E-state index contributed by atoms with van der Waals surface area (Å²) in [5, 5.41) is 1.59. The Hall–Kier alpha value is -3.39. The van der Waals surface area contributed by atoms with Gasteiger partial charge in [0, 0.05) is 36.7 Å². The minimum atomic E-state index is -0.542. The van der Waals surface area contributed by atoms with E-state index in [9.17, 15) is 9.59 Å². The van der Waals surface area contributed by atoms with Gasteiger partial charge in [-0.1, -0.05) is 12.1 Å². The zero-order valence-electron chi connectivity index (χ0n) is 20.6. The summed E-state index contributed by atoms with van der Waals surface area (Å²) in [7, 11) is 3.40. The van der Waals surface area contributed by atoms with Crippen molar-refractivity contribution in [1.82, 2.24) is 14.4 Å². The second-order valence-corrected chi connectivity index (χ2v) is 10.5. The van der Waals surface area contributed by atoms with Crippen LogP contribution in [-0.4, -0.2) is 57.7 Å². The van der Waals surface area contributed by atoms with Gasteiger partial charge >= 0.3 is 5.97 Å². The van der Waals surface area contributed by atoms with E-state index < -0.39 is 5.60 Å². The zero-order chi connectivity index (χ0) is 25.1. The molecule has 1 atom stereocenters. The number of fused-ring (bicyclic) bond motifs is 6. The van der Waals surface area contributed by atoms with Gasteiger partial charge in [0.05, 0.1) is 25.1 Å². The Morgan fingerprint density at radius 1 is 1.14 bits per heavy atom. The monoisotopic (exact) mass is 491 g/mol. The number of hydrogen-bond acceptors (Lipinski definition) is 5. The molecule has 1 unspecified atom stereocenters. The number of carbonyl (C=O) groups excluding carboxylic acids is 2. The second-order valence-electron chi connectivity index (χ2n) is 10.1. The third kappa shape index (κ3) is 4.05. The van der Waals surface area contributed by atoms with Crippen molar-refractivity contribution < 1.29 is 19.1 Å². The van der Waals surface area contributed by atoms with E-state index in [1.165, 1.54) is 0 Å². The van der Waals surface area contributed by atoms with E-state index in [1.54, 1.807) is 31.2 Å². The summed E-state index contributed by atoms with van der Waals surface area (Å²) in [5.41, 5.74) is 4.21. The lowest BCUT2D eigenvalue weighted by atomic mass is 9.89. The number of likely N-dealkylation sites (N-methyl/N-ethyl adjacent to an activating group) is 1. The lowest BCUT2D eigenvalue weighted by molar-refractivity contribution is -0.130. The number of carbonyl (C=O) groups is 2. The fourth-order valence-electron chi connectivity index (χ4n) is 4.99. The van der Waals surface area contributed by atoms with E-state index in [-0.39, 0.29) is 17.8 Å². The van der Waals surface area contributed by atoms with Crippen molar-refractivity contribution in [3.05, 3.63) is 64.8 Å². The van der Waals surface area contributed by atoms with Gasteiger partial charge in [-0.2, -0.15) is 0 Å². The molecule has 0 aliphatic carbocycles. The number of esters is 1. The van der Waals surface area contributed by atoms with Gasteiger partial charge in [-0.3, -0.25) is 9.69 Å². The number of rotatable bonds is 4. The van der Waals surface area contributed by atoms with E-state index in [4.69, 9.17) is 21.7 Å². The molecule has 2 aromatic carbocycles. The molecule has 0 saturated carbocycles. The Bertz CT molecular complexity index is 1350. The summed E-state index contributed by atoms with van der Waals surface area (Å²) in [6, 6.07) is 13.5. The predicted octanol–water partition coefficient (Wildman–Crippen LogP) is 4.31. The molecule has 3 heterocycles. The fourth-order valence-corrected chi connectivity index (χ4v) is 5.22. The van der Waals surface area contributed by atoms with Gasteiger partial charge in [0.25, 0.3) is 0 Å². The summed E-state index contributed by atoms with van der Waals surface area (Å²) in [6.07, 6.45) is 0. The standard InChI is InChI=1S/C27H29N3O4S/c1-27(2,3)34-25(32)17-8-6-16(7-9-17)13-30-21-11-10-18(33-5)12-19(21)23-20-14-29(15-22(23)30)26(35)28(4)24(20)31/h6-12,20H,13-15H2,1-5H3. The van der Waals surface area contributed by atoms with Gasteiger partial charge in [-0.25, -0.2) is 4.79 Å². The van der Waals surface area contributed by atoms with Crippen molar-refractivity contribution in [3.8, 4) is 5.75 Å². The van der Waals surface area contributed by atoms with Crippen LogP contribution in [0.3, 0.4) is 0 Å². The van der Waals surface area contributed by atoms with Crippen LogP contribution in [0.1, 0.15) is 53.9 Å². The molecule has 0 radical (unpaired) electrons. The molecule has 0 spiro atoms. The topological polar surface area (TPSA) is 64.0 Å². The summed E-state index contributed by atoms with van der Waals surface area (Å²) >= 11 is 5.57. The average Bonchev–Trinajstić information content (AvgIpc) is 3.13. The van der Waals surface area contributed by atoms with Gasteiger partial charge in [0.15, 0.2) is 5.11 Å². The Kier molecular flexibility index (Phi) is 5.59. The first-order valence-corrected chi connectivity index (χ1v) is 12.1. The first-order valence-electron chi connectivity index (χ1n) is 11.6. The van der Waals surface area contributed by atoms with Gasteiger partial charge in [-0.05, 0) is 74.4 Å². The summed E-state index contributed by atoms with van der Waals surface area (Å²) in [5.74, 6) is 0.169. The normalized spacial score (nSPS) is 17.6. The van der Waals surface area contributed by atoms with Crippen molar-refractivity contribution in [3.63, 3.8) is 0 Å². The highest BCUT2D eigenvalue weighted by Gasteiger charge is 2.43. The van der Waals surface area contributed by atoms with Crippen molar-refractivity contribution in [1.29, 1.82) is 0 Å². The molecular formula is C27H29N3O4S. The zero-order valence-corrected chi connectivity index (χ0v) is 21.4.